The van der Waals surface area contributed by atoms with Gasteiger partial charge in [-0.3, -0.25) is 4.79 Å². The Hall–Kier alpha value is -2.79. The average molecular weight is 484 g/mol. The summed E-state index contributed by atoms with van der Waals surface area (Å²) in [5.74, 6) is -0.0546. The van der Waals surface area contributed by atoms with Gasteiger partial charge in [0, 0.05) is 25.3 Å². The van der Waals surface area contributed by atoms with Crippen LogP contribution in [-0.2, 0) is 14.8 Å². The zero-order valence-electron chi connectivity index (χ0n) is 17.8. The monoisotopic (exact) mass is 484 g/mol. The van der Waals surface area contributed by atoms with Gasteiger partial charge in [0.2, 0.25) is 15.9 Å². The van der Waals surface area contributed by atoms with E-state index in [2.05, 4.69) is 4.74 Å². The van der Waals surface area contributed by atoms with Crippen molar-refractivity contribution in [2.45, 2.75) is 30.5 Å². The zero-order chi connectivity index (χ0) is 23.9. The summed E-state index contributed by atoms with van der Waals surface area (Å²) in [5, 5.41) is 0. The Morgan fingerprint density at radius 2 is 1.58 bits per heavy atom. The second kappa shape index (κ2) is 8.53. The lowest BCUT2D eigenvalue weighted by atomic mass is 9.79. The molecule has 0 bridgehead atoms. The highest BCUT2D eigenvalue weighted by molar-refractivity contribution is 7.89. The molecular weight excluding hydrogens is 461 g/mol. The molecule has 2 saturated heterocycles. The Labute approximate surface area is 189 Å². The third-order valence-corrected chi connectivity index (χ3v) is 7.99. The van der Waals surface area contributed by atoms with Gasteiger partial charge >= 0.3 is 6.36 Å². The summed E-state index contributed by atoms with van der Waals surface area (Å²) in [5.41, 5.74) is -0.416. The van der Waals surface area contributed by atoms with E-state index in [1.807, 2.05) is 0 Å². The summed E-state index contributed by atoms with van der Waals surface area (Å²) >= 11 is 0. The van der Waals surface area contributed by atoms with Crippen molar-refractivity contribution in [3.8, 4) is 11.5 Å². The van der Waals surface area contributed by atoms with Gasteiger partial charge in [-0.15, -0.1) is 13.2 Å². The molecule has 4 rings (SSSR count). The van der Waals surface area contributed by atoms with Crippen molar-refractivity contribution in [2.75, 3.05) is 31.6 Å². The number of hydrogen-bond donors (Lipinski definition) is 0. The zero-order valence-corrected chi connectivity index (χ0v) is 18.7. The Balaban J connectivity index is 1.51. The third kappa shape index (κ3) is 4.65. The van der Waals surface area contributed by atoms with Crippen LogP contribution < -0.4 is 14.4 Å². The number of benzene rings is 2. The second-order valence-corrected chi connectivity index (χ2v) is 10.1. The van der Waals surface area contributed by atoms with Crippen molar-refractivity contribution in [1.29, 1.82) is 0 Å². The summed E-state index contributed by atoms with van der Waals surface area (Å²) < 4.78 is 73.9. The van der Waals surface area contributed by atoms with E-state index in [9.17, 15) is 26.4 Å². The molecule has 2 heterocycles. The van der Waals surface area contributed by atoms with Gasteiger partial charge in [0.1, 0.15) is 11.5 Å². The minimum Gasteiger partial charge on any atom is -0.497 e. The van der Waals surface area contributed by atoms with Crippen molar-refractivity contribution in [1.82, 2.24) is 4.31 Å². The molecule has 2 aromatic rings. The minimum absolute atomic E-state index is 0.0615. The van der Waals surface area contributed by atoms with Gasteiger partial charge < -0.3 is 14.4 Å². The predicted molar refractivity (Wildman–Crippen MR) is 114 cm³/mol. The van der Waals surface area contributed by atoms with Crippen LogP contribution in [0.15, 0.2) is 53.4 Å². The number of sulfonamides is 1. The highest BCUT2D eigenvalue weighted by Crippen LogP contribution is 2.43. The normalized spacial score (nSPS) is 22.1. The molecule has 0 saturated carbocycles. The summed E-state index contributed by atoms with van der Waals surface area (Å²) in [6, 6.07) is 11.2. The highest BCUT2D eigenvalue weighted by Gasteiger charge is 2.51. The number of hydrogen-bond acceptors (Lipinski definition) is 5. The van der Waals surface area contributed by atoms with E-state index in [1.165, 1.54) is 40.6 Å². The van der Waals surface area contributed by atoms with E-state index in [-0.39, 0.29) is 23.1 Å². The van der Waals surface area contributed by atoms with E-state index in [0.717, 1.165) is 12.1 Å². The van der Waals surface area contributed by atoms with Crippen molar-refractivity contribution in [2.24, 2.45) is 5.41 Å². The van der Waals surface area contributed by atoms with Crippen LogP contribution in [0.5, 0.6) is 11.5 Å². The van der Waals surface area contributed by atoms with E-state index >= 15 is 0 Å². The van der Waals surface area contributed by atoms with Crippen molar-refractivity contribution < 1.29 is 35.9 Å². The molecule has 2 fully saturated rings. The molecule has 33 heavy (non-hydrogen) atoms. The molecule has 0 aliphatic carbocycles. The highest BCUT2D eigenvalue weighted by atomic mass is 32.2. The first kappa shape index (κ1) is 23.4. The number of alkyl halides is 3. The molecule has 0 aromatic heterocycles. The number of anilines is 1. The lowest BCUT2D eigenvalue weighted by molar-refractivity contribution is -0.274. The number of amides is 1. The van der Waals surface area contributed by atoms with Crippen LogP contribution in [0, 0.1) is 5.41 Å². The SMILES string of the molecule is COc1ccc(S(=O)(=O)N2CCCC3(CCN(c4ccc(OC(F)(F)F)cc4)C3=O)C2)cc1. The molecule has 1 spiro atoms. The maximum Gasteiger partial charge on any atom is 0.573 e. The van der Waals surface area contributed by atoms with Gasteiger partial charge in [-0.2, -0.15) is 4.31 Å². The maximum atomic E-state index is 13.4. The molecule has 2 aliphatic rings. The van der Waals surface area contributed by atoms with Crippen molar-refractivity contribution in [3.63, 3.8) is 0 Å². The van der Waals surface area contributed by atoms with Crippen LogP contribution in [-0.4, -0.2) is 51.7 Å². The fraction of sp³-hybridized carbons (Fsp3) is 0.409. The average Bonchev–Trinajstić information content (AvgIpc) is 3.08. The number of ether oxygens (including phenoxy) is 2. The Morgan fingerprint density at radius 1 is 0.939 bits per heavy atom. The largest absolute Gasteiger partial charge is 0.573 e. The molecule has 0 radical (unpaired) electrons. The van der Waals surface area contributed by atoms with Crippen LogP contribution in [0.1, 0.15) is 19.3 Å². The van der Waals surface area contributed by atoms with Gasteiger partial charge in [-0.25, -0.2) is 8.42 Å². The van der Waals surface area contributed by atoms with Gasteiger partial charge in [-0.05, 0) is 67.8 Å². The van der Waals surface area contributed by atoms with Gasteiger partial charge in [0.05, 0.1) is 17.4 Å². The lowest BCUT2D eigenvalue weighted by Crippen LogP contribution is -2.49. The van der Waals surface area contributed by atoms with Crippen LogP contribution in [0.3, 0.4) is 0 Å². The topological polar surface area (TPSA) is 76.2 Å². The van der Waals surface area contributed by atoms with Gasteiger partial charge in [0.15, 0.2) is 0 Å². The maximum absolute atomic E-state index is 13.4. The molecule has 1 amide bonds. The molecule has 11 heteroatoms. The number of piperidine rings is 1. The summed E-state index contributed by atoms with van der Waals surface area (Å²) in [7, 11) is -2.30. The summed E-state index contributed by atoms with van der Waals surface area (Å²) in [6.07, 6.45) is -3.25. The number of halogens is 3. The number of carbonyl (C=O) groups excluding carboxylic acids is 1. The number of rotatable bonds is 5. The fourth-order valence-electron chi connectivity index (χ4n) is 4.46. The molecule has 0 N–H and O–H groups in total. The molecular formula is C22H23F3N2O5S. The number of carbonyl (C=O) groups is 1. The van der Waals surface area contributed by atoms with E-state index in [1.54, 1.807) is 12.1 Å². The van der Waals surface area contributed by atoms with Crippen LogP contribution in [0.4, 0.5) is 18.9 Å². The number of nitrogens with zero attached hydrogens (tertiary/aromatic N) is 2. The van der Waals surface area contributed by atoms with Crippen molar-refractivity contribution in [3.05, 3.63) is 48.5 Å². The molecule has 7 nitrogen and oxygen atoms in total. The quantitative estimate of drug-likeness (QED) is 0.645. The van der Waals surface area contributed by atoms with Crippen LogP contribution >= 0.6 is 0 Å². The first-order valence-electron chi connectivity index (χ1n) is 10.4. The summed E-state index contributed by atoms with van der Waals surface area (Å²) in [6.45, 7) is 0.730. The molecule has 1 unspecified atom stereocenters. The molecule has 1 atom stereocenters. The standard InChI is InChI=1S/C22H23F3N2O5S/c1-31-17-7-9-19(10-8-17)33(29,30)26-13-2-11-21(15-26)12-14-27(20(21)28)16-3-5-18(6-4-16)32-22(23,24)25/h3-10H,2,11-15H2,1H3. The Kier molecular flexibility index (Phi) is 6.04. The van der Waals surface area contributed by atoms with Crippen LogP contribution in [0.2, 0.25) is 0 Å². The minimum atomic E-state index is -4.80. The lowest BCUT2D eigenvalue weighted by Gasteiger charge is -2.38. The Morgan fingerprint density at radius 3 is 2.18 bits per heavy atom. The number of methoxy groups -OCH3 is 1. The third-order valence-electron chi connectivity index (χ3n) is 6.13. The Bertz CT molecular complexity index is 1120. The predicted octanol–water partition coefficient (Wildman–Crippen LogP) is 3.80. The van der Waals surface area contributed by atoms with Gasteiger partial charge in [0.25, 0.3) is 0 Å². The summed E-state index contributed by atoms with van der Waals surface area (Å²) in [4.78, 5) is 15.0. The van der Waals surface area contributed by atoms with E-state index < -0.39 is 21.8 Å². The molecule has 2 aromatic carbocycles. The van der Waals surface area contributed by atoms with E-state index in [4.69, 9.17) is 4.74 Å². The molecule has 178 valence electrons. The first-order valence-corrected chi connectivity index (χ1v) is 11.8. The second-order valence-electron chi connectivity index (χ2n) is 8.15. The first-order chi connectivity index (χ1) is 15.5. The fourth-order valence-corrected chi connectivity index (χ4v) is 6.03. The molecule has 2 aliphatic heterocycles. The van der Waals surface area contributed by atoms with E-state index in [0.29, 0.717) is 43.8 Å². The van der Waals surface area contributed by atoms with Gasteiger partial charge in [-0.1, -0.05) is 0 Å². The van der Waals surface area contributed by atoms with Crippen molar-refractivity contribution >= 4 is 21.6 Å². The van der Waals surface area contributed by atoms with Crippen LogP contribution in [0.25, 0.3) is 0 Å². The smallest absolute Gasteiger partial charge is 0.497 e.